The van der Waals surface area contributed by atoms with E-state index < -0.39 is 37.5 Å². The van der Waals surface area contributed by atoms with Gasteiger partial charge in [0, 0.05) is 23.4 Å². The predicted molar refractivity (Wildman–Crippen MR) is 160 cm³/mol. The number of aliphatic hydroxyl groups excluding tert-OH is 5. The van der Waals surface area contributed by atoms with Crippen molar-refractivity contribution >= 4 is 23.2 Å². The number of unbranched alkanes of at least 4 members (excludes halogenated alkanes) is 3. The summed E-state index contributed by atoms with van der Waals surface area (Å²) in [5.74, 6) is -0.166. The molecule has 0 saturated carbocycles. The molecule has 41 heavy (non-hydrogen) atoms. The monoisotopic (exact) mass is 599 g/mol. The van der Waals surface area contributed by atoms with E-state index in [2.05, 4.69) is 25.7 Å². The Morgan fingerprint density at radius 1 is 1.02 bits per heavy atom. The van der Waals surface area contributed by atoms with Crippen molar-refractivity contribution in [2.24, 2.45) is 5.92 Å². The van der Waals surface area contributed by atoms with Gasteiger partial charge in [-0.05, 0) is 69.4 Å². The number of likely N-dealkylation sites (tertiary alicyclic amines) is 1. The first-order chi connectivity index (χ1) is 19.6. The number of esters is 1. The molecule has 0 aromatic carbocycles. The van der Waals surface area contributed by atoms with E-state index in [9.17, 15) is 30.0 Å². The number of thiophene rings is 1. The quantitative estimate of drug-likeness (QED) is 0.106. The normalized spacial score (nSPS) is 20.0. The van der Waals surface area contributed by atoms with Gasteiger partial charge < -0.3 is 35.2 Å². The summed E-state index contributed by atoms with van der Waals surface area (Å²) in [5.41, 5.74) is 0. The number of hydrogen-bond donors (Lipinski definition) is 5. The molecule has 1 aliphatic heterocycles. The molecule has 1 saturated heterocycles. The van der Waals surface area contributed by atoms with Crippen LogP contribution in [0.4, 0.5) is 0 Å². The van der Waals surface area contributed by atoms with Gasteiger partial charge >= 0.3 is 5.97 Å². The zero-order chi connectivity index (χ0) is 30.4. The Labute approximate surface area is 249 Å². The summed E-state index contributed by atoms with van der Waals surface area (Å²) in [5, 5.41) is 48.4. The fourth-order valence-electron chi connectivity index (χ4n) is 5.63. The third-order valence-corrected chi connectivity index (χ3v) is 9.51. The van der Waals surface area contributed by atoms with Crippen LogP contribution in [0.25, 0.3) is 0 Å². The fraction of sp³-hybridized carbons (Fsp3) is 0.806. The second-order valence-electron chi connectivity index (χ2n) is 11.6. The van der Waals surface area contributed by atoms with E-state index in [0.717, 1.165) is 62.7 Å². The minimum absolute atomic E-state index is 0.195. The molecule has 1 amide bonds. The SMILES string of the molecule is CCCCCC[C@H](O)C(C)CC[C@H](CC)N1C(=O)CC[C@@H]1CCCc1ccc(C(=O)OC[C@@H](O)[C@H](O)[C@H](O)CO)s1. The number of amides is 1. The van der Waals surface area contributed by atoms with Crippen LogP contribution < -0.4 is 0 Å². The average Bonchev–Trinajstić information content (AvgIpc) is 3.60. The molecular formula is C31H53NO8S. The van der Waals surface area contributed by atoms with Crippen molar-refractivity contribution in [3.05, 3.63) is 21.9 Å². The van der Waals surface area contributed by atoms with Crippen LogP contribution in [-0.4, -0.2) is 92.0 Å². The summed E-state index contributed by atoms with van der Waals surface area (Å²) >= 11 is 1.32. The second-order valence-corrected chi connectivity index (χ2v) is 12.8. The van der Waals surface area contributed by atoms with Crippen LogP contribution >= 0.6 is 11.3 Å². The molecular weight excluding hydrogens is 546 g/mol. The summed E-state index contributed by atoms with van der Waals surface area (Å²) in [6.07, 6.45) is 7.32. The third kappa shape index (κ3) is 11.6. The van der Waals surface area contributed by atoms with Crippen LogP contribution in [0.2, 0.25) is 0 Å². The van der Waals surface area contributed by atoms with Crippen molar-refractivity contribution in [3.8, 4) is 0 Å². The summed E-state index contributed by atoms with van der Waals surface area (Å²) in [6.45, 7) is 5.24. The Balaban J connectivity index is 1.80. The number of ether oxygens (including phenoxy) is 1. The molecule has 0 radical (unpaired) electrons. The maximum absolute atomic E-state index is 12.9. The van der Waals surface area contributed by atoms with E-state index in [4.69, 9.17) is 9.84 Å². The Morgan fingerprint density at radius 3 is 2.46 bits per heavy atom. The standard InChI is InChI=1S/C31H53NO8S/c1-4-6-7-8-12-25(34)21(3)13-14-22(5-2)32-23(15-18-29(32)37)10-9-11-24-16-17-28(41-24)31(39)40-20-27(36)30(38)26(35)19-33/h16-17,21-23,25-27,30,33-36,38H,4-15,18-20H2,1-3H3/t21?,22-,23-,25-,26+,27+,30+/m0/s1. The van der Waals surface area contributed by atoms with Crippen LogP contribution in [0.15, 0.2) is 12.1 Å². The molecule has 0 aliphatic carbocycles. The summed E-state index contributed by atoms with van der Waals surface area (Å²) in [6, 6.07) is 3.96. The highest BCUT2D eigenvalue weighted by molar-refractivity contribution is 7.13. The van der Waals surface area contributed by atoms with Gasteiger partial charge in [-0.3, -0.25) is 4.79 Å². The van der Waals surface area contributed by atoms with Gasteiger partial charge in [-0.25, -0.2) is 4.79 Å². The highest BCUT2D eigenvalue weighted by atomic mass is 32.1. The summed E-state index contributed by atoms with van der Waals surface area (Å²) < 4.78 is 5.06. The molecule has 0 bridgehead atoms. The molecule has 0 spiro atoms. The van der Waals surface area contributed by atoms with E-state index in [0.29, 0.717) is 11.3 Å². The number of aryl methyl sites for hydroxylation is 1. The van der Waals surface area contributed by atoms with Crippen molar-refractivity contribution < 1.29 is 39.9 Å². The number of nitrogens with zero attached hydrogens (tertiary/aromatic N) is 1. The van der Waals surface area contributed by atoms with E-state index in [1.165, 1.54) is 30.6 Å². The molecule has 1 aliphatic rings. The van der Waals surface area contributed by atoms with Gasteiger partial charge in [0.1, 0.15) is 29.8 Å². The first-order valence-corrected chi connectivity index (χ1v) is 16.3. The number of carbonyl (C=O) groups is 2. The van der Waals surface area contributed by atoms with Gasteiger partial charge in [-0.15, -0.1) is 11.3 Å². The lowest BCUT2D eigenvalue weighted by molar-refractivity contribution is -0.131. The molecule has 7 atom stereocenters. The Morgan fingerprint density at radius 2 is 1.78 bits per heavy atom. The largest absolute Gasteiger partial charge is 0.459 e. The topological polar surface area (TPSA) is 148 Å². The fourth-order valence-corrected chi connectivity index (χ4v) is 6.57. The van der Waals surface area contributed by atoms with Crippen molar-refractivity contribution in [1.29, 1.82) is 0 Å². The lowest BCUT2D eigenvalue weighted by Crippen LogP contribution is -2.42. The Kier molecular flexibility index (Phi) is 16.4. The van der Waals surface area contributed by atoms with Crippen molar-refractivity contribution in [2.45, 2.75) is 141 Å². The van der Waals surface area contributed by atoms with Gasteiger partial charge in [-0.1, -0.05) is 46.5 Å². The molecule has 2 rings (SSSR count). The lowest BCUT2D eigenvalue weighted by atomic mass is 9.91. The van der Waals surface area contributed by atoms with Crippen LogP contribution in [0.5, 0.6) is 0 Å². The first kappa shape index (κ1) is 35.6. The number of aliphatic hydroxyl groups is 5. The Hall–Kier alpha value is -1.56. The van der Waals surface area contributed by atoms with Gasteiger partial charge in [0.15, 0.2) is 0 Å². The molecule has 1 aromatic rings. The van der Waals surface area contributed by atoms with Gasteiger partial charge in [0.05, 0.1) is 12.7 Å². The minimum Gasteiger partial charge on any atom is -0.459 e. The average molecular weight is 600 g/mol. The molecule has 5 N–H and O–H groups in total. The highest BCUT2D eigenvalue weighted by Gasteiger charge is 2.35. The van der Waals surface area contributed by atoms with E-state index in [1.54, 1.807) is 6.07 Å². The second kappa shape index (κ2) is 18.9. The predicted octanol–water partition coefficient (Wildman–Crippen LogP) is 3.82. The molecule has 10 heteroatoms. The number of carbonyl (C=O) groups excluding carboxylic acids is 2. The van der Waals surface area contributed by atoms with Crippen LogP contribution in [0.3, 0.4) is 0 Å². The van der Waals surface area contributed by atoms with Crippen LogP contribution in [0, 0.1) is 5.92 Å². The zero-order valence-corrected chi connectivity index (χ0v) is 25.9. The van der Waals surface area contributed by atoms with Crippen molar-refractivity contribution in [2.75, 3.05) is 13.2 Å². The van der Waals surface area contributed by atoms with Crippen molar-refractivity contribution in [3.63, 3.8) is 0 Å². The maximum Gasteiger partial charge on any atom is 0.348 e. The van der Waals surface area contributed by atoms with Crippen LogP contribution in [0.1, 0.15) is 112 Å². The number of rotatable bonds is 21. The van der Waals surface area contributed by atoms with Gasteiger partial charge in [-0.2, -0.15) is 0 Å². The summed E-state index contributed by atoms with van der Waals surface area (Å²) in [4.78, 5) is 28.7. The van der Waals surface area contributed by atoms with Crippen molar-refractivity contribution in [1.82, 2.24) is 4.90 Å². The smallest absolute Gasteiger partial charge is 0.348 e. The zero-order valence-electron chi connectivity index (χ0n) is 25.1. The molecule has 1 unspecified atom stereocenters. The molecule has 1 aromatic heterocycles. The van der Waals surface area contributed by atoms with Gasteiger partial charge in [0.25, 0.3) is 0 Å². The molecule has 1 fully saturated rings. The maximum atomic E-state index is 12.9. The van der Waals surface area contributed by atoms with E-state index in [-0.39, 0.29) is 30.0 Å². The first-order valence-electron chi connectivity index (χ1n) is 15.5. The summed E-state index contributed by atoms with van der Waals surface area (Å²) in [7, 11) is 0. The van der Waals surface area contributed by atoms with E-state index >= 15 is 0 Å². The Bertz CT molecular complexity index is 895. The van der Waals surface area contributed by atoms with Gasteiger partial charge in [0.2, 0.25) is 5.91 Å². The lowest BCUT2D eigenvalue weighted by Gasteiger charge is -2.34. The number of hydrogen-bond acceptors (Lipinski definition) is 9. The van der Waals surface area contributed by atoms with Crippen LogP contribution in [-0.2, 0) is 16.0 Å². The van der Waals surface area contributed by atoms with E-state index in [1.807, 2.05) is 6.07 Å². The molecule has 2 heterocycles. The molecule has 236 valence electrons. The minimum atomic E-state index is -1.61. The highest BCUT2D eigenvalue weighted by Crippen LogP contribution is 2.30. The molecule has 9 nitrogen and oxygen atoms in total. The third-order valence-electron chi connectivity index (χ3n) is 8.39.